The molecule has 4 aromatic rings. The number of anilines is 1. The Labute approximate surface area is 237 Å². The number of carbonyl (C=O) groups is 1. The number of aryl methyl sites for hydroxylation is 2. The minimum absolute atomic E-state index is 0.0102. The molecule has 0 bridgehead atoms. The fourth-order valence-corrected chi connectivity index (χ4v) is 7.68. The number of benzene rings is 2. The van der Waals surface area contributed by atoms with Crippen LogP contribution < -0.4 is 4.90 Å². The van der Waals surface area contributed by atoms with E-state index in [0.29, 0.717) is 5.69 Å². The van der Waals surface area contributed by atoms with Crippen LogP contribution in [0.15, 0.2) is 40.9 Å². The minimum atomic E-state index is -0.968. The van der Waals surface area contributed by atoms with E-state index in [2.05, 4.69) is 41.8 Å². The van der Waals surface area contributed by atoms with Crippen LogP contribution in [0.2, 0.25) is 0 Å². The standard InChI is InChI=1S/C32H34F2N4O3/c1-16-26(17(2)41-36-16)18-6-13-25-24(14-18)35-30(37(25)19-7-10-21(40-5)11-8-19)29-27-28(32(27,3)4)31(39)38(29)20-9-12-22(33)23(34)15-20/h6,9,12-15,19,21,27-29H,7-8,10-11H2,1-5H3/t19-,21-,27-,28+,29-/m0/s1. The third-order valence-electron chi connectivity index (χ3n) is 9.86. The summed E-state index contributed by atoms with van der Waals surface area (Å²) < 4.78 is 41.8. The third-order valence-corrected chi connectivity index (χ3v) is 9.86. The molecular weight excluding hydrogens is 526 g/mol. The highest BCUT2D eigenvalue weighted by atomic mass is 19.2. The summed E-state index contributed by atoms with van der Waals surface area (Å²) in [7, 11) is 1.76. The van der Waals surface area contributed by atoms with Crippen LogP contribution in [-0.2, 0) is 9.53 Å². The predicted octanol–water partition coefficient (Wildman–Crippen LogP) is 7.08. The van der Waals surface area contributed by atoms with Gasteiger partial charge in [0.15, 0.2) is 11.6 Å². The number of piperidine rings is 1. The summed E-state index contributed by atoms with van der Waals surface area (Å²) in [6.45, 7) is 8.05. The number of amides is 1. The normalized spacial score (nSPS) is 27.0. The van der Waals surface area contributed by atoms with Crippen LogP contribution in [0.4, 0.5) is 14.5 Å². The van der Waals surface area contributed by atoms with Crippen molar-refractivity contribution in [1.82, 2.24) is 14.7 Å². The molecule has 1 aliphatic heterocycles. The number of methoxy groups -OCH3 is 1. The number of rotatable bonds is 5. The third kappa shape index (κ3) is 3.88. The quantitative estimate of drug-likeness (QED) is 0.261. The molecule has 0 unspecified atom stereocenters. The maximum atomic E-state index is 14.4. The van der Waals surface area contributed by atoms with Gasteiger partial charge in [0.2, 0.25) is 5.91 Å². The molecule has 0 spiro atoms. The minimum Gasteiger partial charge on any atom is -0.381 e. The van der Waals surface area contributed by atoms with Crippen molar-refractivity contribution in [3.63, 3.8) is 0 Å². The van der Waals surface area contributed by atoms with Crippen molar-refractivity contribution in [3.05, 3.63) is 65.3 Å². The van der Waals surface area contributed by atoms with Crippen molar-refractivity contribution in [2.45, 2.75) is 71.6 Å². The molecule has 41 heavy (non-hydrogen) atoms. The summed E-state index contributed by atoms with van der Waals surface area (Å²) in [5, 5.41) is 4.13. The van der Waals surface area contributed by atoms with Crippen molar-refractivity contribution in [3.8, 4) is 11.1 Å². The molecule has 3 fully saturated rings. The first-order chi connectivity index (χ1) is 19.6. The summed E-state index contributed by atoms with van der Waals surface area (Å²) in [6.07, 6.45) is 3.95. The molecule has 0 N–H and O–H groups in total. The van der Waals surface area contributed by atoms with Gasteiger partial charge in [-0.25, -0.2) is 13.8 Å². The first-order valence-corrected chi connectivity index (χ1v) is 14.4. The van der Waals surface area contributed by atoms with Gasteiger partial charge in [-0.3, -0.25) is 4.79 Å². The van der Waals surface area contributed by atoms with Gasteiger partial charge < -0.3 is 18.7 Å². The maximum Gasteiger partial charge on any atom is 0.231 e. The molecule has 7 rings (SSSR count). The second-order valence-corrected chi connectivity index (χ2v) is 12.5. The largest absolute Gasteiger partial charge is 0.381 e. The Balaban J connectivity index is 1.41. The number of ether oxygens (including phenoxy) is 1. The molecular formula is C32H34F2N4O3. The molecule has 2 aliphatic carbocycles. The molecule has 2 aromatic carbocycles. The average molecular weight is 561 g/mol. The van der Waals surface area contributed by atoms with Crippen LogP contribution in [-0.4, -0.2) is 33.8 Å². The maximum absolute atomic E-state index is 14.4. The van der Waals surface area contributed by atoms with Crippen molar-refractivity contribution >= 4 is 22.6 Å². The smallest absolute Gasteiger partial charge is 0.231 e. The van der Waals surface area contributed by atoms with Crippen LogP contribution in [0.3, 0.4) is 0 Å². The van der Waals surface area contributed by atoms with E-state index in [4.69, 9.17) is 14.2 Å². The number of carbonyl (C=O) groups excluding carboxylic acids is 1. The molecule has 3 atom stereocenters. The van der Waals surface area contributed by atoms with Gasteiger partial charge in [0.1, 0.15) is 11.6 Å². The number of imidazole rings is 1. The number of fused-ring (bicyclic) bond motifs is 2. The summed E-state index contributed by atoms with van der Waals surface area (Å²) in [5.41, 5.74) is 4.70. The lowest BCUT2D eigenvalue weighted by atomic mass is 9.92. The second kappa shape index (κ2) is 9.21. The lowest BCUT2D eigenvalue weighted by molar-refractivity contribution is -0.119. The van der Waals surface area contributed by atoms with Gasteiger partial charge in [0, 0.05) is 42.3 Å². The van der Waals surface area contributed by atoms with Gasteiger partial charge in [0.25, 0.3) is 0 Å². The molecule has 2 aromatic heterocycles. The Kier molecular flexibility index (Phi) is 5.91. The fraction of sp³-hybridized carbons (Fsp3) is 0.469. The number of aromatic nitrogens is 3. The zero-order valence-electron chi connectivity index (χ0n) is 23.9. The van der Waals surface area contributed by atoms with Crippen LogP contribution in [0.25, 0.3) is 22.2 Å². The summed E-state index contributed by atoms with van der Waals surface area (Å²) in [6, 6.07) is 9.73. The van der Waals surface area contributed by atoms with Crippen molar-refractivity contribution in [1.29, 1.82) is 0 Å². The average Bonchev–Trinajstić information content (AvgIpc) is 3.27. The van der Waals surface area contributed by atoms with Crippen molar-refractivity contribution in [2.24, 2.45) is 17.3 Å². The Morgan fingerprint density at radius 2 is 1.78 bits per heavy atom. The first-order valence-electron chi connectivity index (χ1n) is 14.4. The van der Waals surface area contributed by atoms with E-state index in [1.165, 1.54) is 6.07 Å². The molecule has 3 heterocycles. The highest BCUT2D eigenvalue weighted by Gasteiger charge is 2.73. The summed E-state index contributed by atoms with van der Waals surface area (Å²) in [5.74, 6) is -0.609. The number of nitrogens with zero attached hydrogens (tertiary/aromatic N) is 4. The zero-order valence-corrected chi connectivity index (χ0v) is 23.9. The van der Waals surface area contributed by atoms with E-state index >= 15 is 0 Å². The summed E-state index contributed by atoms with van der Waals surface area (Å²) in [4.78, 5) is 20.8. The van der Waals surface area contributed by atoms with Gasteiger partial charge in [-0.2, -0.15) is 0 Å². The molecule has 214 valence electrons. The molecule has 1 amide bonds. The van der Waals surface area contributed by atoms with Crippen LogP contribution in [0, 0.1) is 42.7 Å². The summed E-state index contributed by atoms with van der Waals surface area (Å²) >= 11 is 0. The van der Waals surface area contributed by atoms with Gasteiger partial charge in [-0.15, -0.1) is 0 Å². The van der Waals surface area contributed by atoms with Crippen LogP contribution >= 0.6 is 0 Å². The van der Waals surface area contributed by atoms with Gasteiger partial charge >= 0.3 is 0 Å². The SMILES string of the molecule is CO[C@H]1CC[C@H](n2c([C@@H]3[C@@H]4[C@H](C(=O)N3c3ccc(F)c(F)c3)C4(C)C)nc3cc(-c4c(C)noc4C)ccc32)CC1. The van der Waals surface area contributed by atoms with E-state index in [1.54, 1.807) is 12.0 Å². The Hall–Kier alpha value is -3.59. The lowest BCUT2D eigenvalue weighted by Crippen LogP contribution is -2.37. The van der Waals surface area contributed by atoms with Crippen molar-refractivity contribution < 1.29 is 22.8 Å². The first kappa shape index (κ1) is 26.3. The highest BCUT2D eigenvalue weighted by molar-refractivity contribution is 6.02. The van der Waals surface area contributed by atoms with Crippen LogP contribution in [0.5, 0.6) is 0 Å². The molecule has 9 heteroatoms. The van der Waals surface area contributed by atoms with E-state index in [0.717, 1.165) is 77.3 Å². The zero-order chi connectivity index (χ0) is 28.8. The molecule has 0 radical (unpaired) electrons. The van der Waals surface area contributed by atoms with E-state index in [1.807, 2.05) is 13.8 Å². The Morgan fingerprint density at radius 3 is 2.44 bits per heavy atom. The number of hydrogen-bond acceptors (Lipinski definition) is 5. The number of halogens is 2. The van der Waals surface area contributed by atoms with E-state index < -0.39 is 17.7 Å². The monoisotopic (exact) mass is 560 g/mol. The second-order valence-electron chi connectivity index (χ2n) is 12.5. The van der Waals surface area contributed by atoms with Gasteiger partial charge in [-0.05, 0) is 74.8 Å². The highest BCUT2D eigenvalue weighted by Crippen LogP contribution is 2.70. The van der Waals surface area contributed by atoms with Gasteiger partial charge in [-0.1, -0.05) is 25.1 Å². The Bertz CT molecular complexity index is 1660. The van der Waals surface area contributed by atoms with E-state index in [-0.39, 0.29) is 35.3 Å². The van der Waals surface area contributed by atoms with Gasteiger partial charge in [0.05, 0.1) is 28.9 Å². The topological polar surface area (TPSA) is 73.4 Å². The number of hydrogen-bond donors (Lipinski definition) is 0. The molecule has 2 saturated carbocycles. The molecule has 1 saturated heterocycles. The lowest BCUT2D eigenvalue weighted by Gasteiger charge is -2.34. The van der Waals surface area contributed by atoms with E-state index in [9.17, 15) is 13.6 Å². The molecule has 7 nitrogen and oxygen atoms in total. The Morgan fingerprint density at radius 1 is 1.02 bits per heavy atom. The molecule has 3 aliphatic rings. The van der Waals surface area contributed by atoms with Crippen molar-refractivity contribution in [2.75, 3.05) is 12.0 Å². The predicted molar refractivity (Wildman–Crippen MR) is 150 cm³/mol. The van der Waals surface area contributed by atoms with Crippen LogP contribution in [0.1, 0.15) is 68.9 Å². The fourth-order valence-electron chi connectivity index (χ4n) is 7.68.